The number of carbonyl (C=O) groups excluding carboxylic acids is 1. The average molecular weight is 197 g/mol. The van der Waals surface area contributed by atoms with E-state index in [1.165, 1.54) is 19.3 Å². The number of hydrogen-bond donors (Lipinski definition) is 0. The number of ether oxygens (including phenoxy) is 1. The molecule has 2 fully saturated rings. The van der Waals surface area contributed by atoms with E-state index >= 15 is 0 Å². The monoisotopic (exact) mass is 197 g/mol. The largest absolute Gasteiger partial charge is 0.448 e. The fraction of sp³-hybridized carbons (Fsp3) is 0.909. The Bertz CT molecular complexity index is 223. The van der Waals surface area contributed by atoms with Crippen LogP contribution < -0.4 is 0 Å². The second-order valence-electron chi connectivity index (χ2n) is 4.80. The molecule has 1 saturated carbocycles. The normalized spacial score (nSPS) is 24.2. The summed E-state index contributed by atoms with van der Waals surface area (Å²) in [5, 5.41) is 0. The SMILES string of the molecule is CC(C)C(CC1CC1)N1CCOC1=O. The zero-order chi connectivity index (χ0) is 10.1. The summed E-state index contributed by atoms with van der Waals surface area (Å²) in [7, 11) is 0. The van der Waals surface area contributed by atoms with Crippen LogP contribution >= 0.6 is 0 Å². The molecule has 0 radical (unpaired) electrons. The van der Waals surface area contributed by atoms with Crippen LogP contribution in [0.25, 0.3) is 0 Å². The quantitative estimate of drug-likeness (QED) is 0.692. The minimum atomic E-state index is -0.107. The van der Waals surface area contributed by atoms with Gasteiger partial charge in [0.2, 0.25) is 0 Å². The van der Waals surface area contributed by atoms with Gasteiger partial charge >= 0.3 is 6.09 Å². The molecule has 1 heterocycles. The number of carbonyl (C=O) groups is 1. The summed E-state index contributed by atoms with van der Waals surface area (Å²) >= 11 is 0. The summed E-state index contributed by atoms with van der Waals surface area (Å²) < 4.78 is 4.99. The molecule has 0 aromatic carbocycles. The van der Waals surface area contributed by atoms with Crippen molar-refractivity contribution in [3.05, 3.63) is 0 Å². The minimum absolute atomic E-state index is 0.107. The van der Waals surface area contributed by atoms with Crippen molar-refractivity contribution in [2.75, 3.05) is 13.2 Å². The third-order valence-corrected chi connectivity index (χ3v) is 3.23. The van der Waals surface area contributed by atoms with Crippen molar-refractivity contribution in [2.24, 2.45) is 11.8 Å². The van der Waals surface area contributed by atoms with Crippen LogP contribution in [0.1, 0.15) is 33.1 Å². The van der Waals surface area contributed by atoms with E-state index in [0.717, 1.165) is 12.5 Å². The van der Waals surface area contributed by atoms with Gasteiger partial charge in [-0.3, -0.25) is 0 Å². The first-order valence-electron chi connectivity index (χ1n) is 5.62. The summed E-state index contributed by atoms with van der Waals surface area (Å²) in [6, 6.07) is 0.400. The maximum atomic E-state index is 11.4. The summed E-state index contributed by atoms with van der Waals surface area (Å²) in [5.41, 5.74) is 0. The predicted octanol–water partition coefficient (Wildman–Crippen LogP) is 2.26. The minimum Gasteiger partial charge on any atom is -0.448 e. The van der Waals surface area contributed by atoms with Crippen molar-refractivity contribution in [3.8, 4) is 0 Å². The van der Waals surface area contributed by atoms with Crippen LogP contribution in [0.15, 0.2) is 0 Å². The molecule has 1 saturated heterocycles. The molecular weight excluding hydrogens is 178 g/mol. The Morgan fingerprint density at radius 1 is 1.50 bits per heavy atom. The first-order chi connectivity index (χ1) is 6.68. The third-order valence-electron chi connectivity index (χ3n) is 3.23. The van der Waals surface area contributed by atoms with Crippen LogP contribution in [0.5, 0.6) is 0 Å². The van der Waals surface area contributed by atoms with Gasteiger partial charge in [0.25, 0.3) is 0 Å². The van der Waals surface area contributed by atoms with Crippen molar-refractivity contribution in [3.63, 3.8) is 0 Å². The number of amides is 1. The highest BCUT2D eigenvalue weighted by Gasteiger charge is 2.35. The lowest BCUT2D eigenvalue weighted by atomic mass is 9.97. The van der Waals surface area contributed by atoms with Gasteiger partial charge in [0.05, 0.1) is 6.54 Å². The predicted molar refractivity (Wildman–Crippen MR) is 54.0 cm³/mol. The van der Waals surface area contributed by atoms with Crippen LogP contribution in [-0.4, -0.2) is 30.2 Å². The molecule has 1 atom stereocenters. The van der Waals surface area contributed by atoms with E-state index < -0.39 is 0 Å². The first kappa shape index (κ1) is 9.81. The third kappa shape index (κ3) is 2.02. The number of cyclic esters (lactones) is 1. The average Bonchev–Trinajstić information content (AvgIpc) is 2.85. The molecule has 3 nitrogen and oxygen atoms in total. The topological polar surface area (TPSA) is 29.5 Å². The number of hydrogen-bond acceptors (Lipinski definition) is 2. The number of nitrogens with zero attached hydrogens (tertiary/aromatic N) is 1. The maximum Gasteiger partial charge on any atom is 0.410 e. The molecule has 1 amide bonds. The molecule has 3 heteroatoms. The zero-order valence-corrected chi connectivity index (χ0v) is 9.03. The van der Waals surface area contributed by atoms with Crippen LogP contribution in [0.3, 0.4) is 0 Å². The van der Waals surface area contributed by atoms with Crippen LogP contribution in [0.4, 0.5) is 4.79 Å². The van der Waals surface area contributed by atoms with Gasteiger partial charge < -0.3 is 9.64 Å². The highest BCUT2D eigenvalue weighted by atomic mass is 16.6. The lowest BCUT2D eigenvalue weighted by molar-refractivity contribution is 0.133. The first-order valence-corrected chi connectivity index (χ1v) is 5.62. The van der Waals surface area contributed by atoms with Gasteiger partial charge in [-0.25, -0.2) is 4.79 Å². The van der Waals surface area contributed by atoms with Crippen LogP contribution in [-0.2, 0) is 4.74 Å². The van der Waals surface area contributed by atoms with Gasteiger partial charge in [-0.15, -0.1) is 0 Å². The van der Waals surface area contributed by atoms with Gasteiger partial charge in [0.15, 0.2) is 0 Å². The smallest absolute Gasteiger partial charge is 0.410 e. The van der Waals surface area contributed by atoms with E-state index in [-0.39, 0.29) is 6.09 Å². The van der Waals surface area contributed by atoms with Gasteiger partial charge in [-0.1, -0.05) is 26.7 Å². The Morgan fingerprint density at radius 3 is 2.64 bits per heavy atom. The summed E-state index contributed by atoms with van der Waals surface area (Å²) in [6.07, 6.45) is 3.77. The van der Waals surface area contributed by atoms with Crippen molar-refractivity contribution >= 4 is 6.09 Å². The molecule has 0 N–H and O–H groups in total. The fourth-order valence-electron chi connectivity index (χ4n) is 2.16. The molecule has 0 spiro atoms. The Morgan fingerprint density at radius 2 is 2.21 bits per heavy atom. The molecule has 1 aliphatic heterocycles. The van der Waals surface area contributed by atoms with E-state index in [1.54, 1.807) is 0 Å². The van der Waals surface area contributed by atoms with Crippen molar-refractivity contribution in [1.82, 2.24) is 4.90 Å². The standard InChI is InChI=1S/C11H19NO2/c1-8(2)10(7-9-3-4-9)12-5-6-14-11(12)13/h8-10H,3-7H2,1-2H3. The highest BCUT2D eigenvalue weighted by Crippen LogP contribution is 2.36. The van der Waals surface area contributed by atoms with Crippen molar-refractivity contribution < 1.29 is 9.53 Å². The molecule has 2 aliphatic rings. The van der Waals surface area contributed by atoms with E-state index in [9.17, 15) is 4.79 Å². The molecule has 2 rings (SSSR count). The van der Waals surface area contributed by atoms with Gasteiger partial charge in [0, 0.05) is 6.04 Å². The Labute approximate surface area is 85.4 Å². The van der Waals surface area contributed by atoms with E-state index in [4.69, 9.17) is 4.74 Å². The molecule has 0 aromatic rings. The molecule has 14 heavy (non-hydrogen) atoms. The van der Waals surface area contributed by atoms with Crippen LogP contribution in [0.2, 0.25) is 0 Å². The van der Waals surface area contributed by atoms with Gasteiger partial charge in [0.1, 0.15) is 6.61 Å². The van der Waals surface area contributed by atoms with E-state index in [2.05, 4.69) is 13.8 Å². The van der Waals surface area contributed by atoms with Gasteiger partial charge in [-0.2, -0.15) is 0 Å². The van der Waals surface area contributed by atoms with Gasteiger partial charge in [-0.05, 0) is 18.3 Å². The highest BCUT2D eigenvalue weighted by molar-refractivity contribution is 5.69. The second kappa shape index (κ2) is 3.79. The van der Waals surface area contributed by atoms with Crippen molar-refractivity contribution in [1.29, 1.82) is 0 Å². The molecule has 0 bridgehead atoms. The Balaban J connectivity index is 1.96. The lowest BCUT2D eigenvalue weighted by Gasteiger charge is -2.29. The zero-order valence-electron chi connectivity index (χ0n) is 9.03. The van der Waals surface area contributed by atoms with E-state index in [0.29, 0.717) is 18.6 Å². The summed E-state index contributed by atoms with van der Waals surface area (Å²) in [6.45, 7) is 5.75. The molecular formula is C11H19NO2. The fourth-order valence-corrected chi connectivity index (χ4v) is 2.16. The Hall–Kier alpha value is -0.730. The maximum absolute atomic E-state index is 11.4. The molecule has 1 unspecified atom stereocenters. The lowest BCUT2D eigenvalue weighted by Crippen LogP contribution is -2.39. The van der Waals surface area contributed by atoms with Crippen molar-refractivity contribution in [2.45, 2.75) is 39.2 Å². The Kier molecular flexibility index (Phi) is 2.66. The molecule has 0 aromatic heterocycles. The second-order valence-corrected chi connectivity index (χ2v) is 4.80. The summed E-state index contributed by atoms with van der Waals surface area (Å²) in [5.74, 6) is 1.41. The van der Waals surface area contributed by atoms with Crippen LogP contribution in [0, 0.1) is 11.8 Å². The summed E-state index contributed by atoms with van der Waals surface area (Å²) in [4.78, 5) is 13.3. The number of rotatable bonds is 4. The molecule has 80 valence electrons. The van der Waals surface area contributed by atoms with E-state index in [1.807, 2.05) is 4.90 Å². The molecule has 1 aliphatic carbocycles.